The number of rotatable bonds is 46. The molecule has 0 heterocycles. The van der Waals surface area contributed by atoms with Gasteiger partial charge in [0, 0.05) is 19.3 Å². The molecule has 0 fully saturated rings. The average Bonchev–Trinajstić information content (AvgIpc) is 3.29. The maximum atomic E-state index is 12.8. The summed E-state index contributed by atoms with van der Waals surface area (Å²) < 4.78 is 16.8. The summed E-state index contributed by atoms with van der Waals surface area (Å²) in [5, 5.41) is 0. The Morgan fingerprint density at radius 2 is 0.688 bits per heavy atom. The molecule has 6 heteroatoms. The highest BCUT2D eigenvalue weighted by Crippen LogP contribution is 2.14. The lowest BCUT2D eigenvalue weighted by molar-refractivity contribution is -0.167. The third-order valence-corrected chi connectivity index (χ3v) is 10.9. The van der Waals surface area contributed by atoms with E-state index in [1.807, 2.05) is 0 Å². The molecular formula is C58H96O6. The number of hydrogen-bond donors (Lipinski definition) is 0. The fourth-order valence-electron chi connectivity index (χ4n) is 6.96. The van der Waals surface area contributed by atoms with E-state index < -0.39 is 6.10 Å². The van der Waals surface area contributed by atoms with E-state index in [1.165, 1.54) is 70.6 Å². The molecule has 1 atom stereocenters. The van der Waals surface area contributed by atoms with Crippen LogP contribution in [-0.2, 0) is 28.6 Å². The normalized spacial score (nSPS) is 12.9. The Hall–Kier alpha value is -3.67. The van der Waals surface area contributed by atoms with Gasteiger partial charge in [0.2, 0.25) is 0 Å². The first-order valence-electron chi connectivity index (χ1n) is 26.3. The summed E-state index contributed by atoms with van der Waals surface area (Å²) in [6.45, 7) is 6.34. The molecule has 0 aliphatic carbocycles. The second kappa shape index (κ2) is 52.0. The molecule has 6 nitrogen and oxygen atoms in total. The molecule has 1 unspecified atom stereocenters. The van der Waals surface area contributed by atoms with Gasteiger partial charge in [0.25, 0.3) is 0 Å². The van der Waals surface area contributed by atoms with Crippen LogP contribution in [0.4, 0.5) is 0 Å². The van der Waals surface area contributed by atoms with Gasteiger partial charge in [0.05, 0.1) is 0 Å². The lowest BCUT2D eigenvalue weighted by Crippen LogP contribution is -2.30. The number of esters is 3. The zero-order chi connectivity index (χ0) is 46.5. The third-order valence-electron chi connectivity index (χ3n) is 10.9. The Morgan fingerprint density at radius 1 is 0.344 bits per heavy atom. The maximum absolute atomic E-state index is 12.8. The second-order valence-corrected chi connectivity index (χ2v) is 17.1. The van der Waals surface area contributed by atoms with Gasteiger partial charge in [0.15, 0.2) is 6.10 Å². The highest BCUT2D eigenvalue weighted by Gasteiger charge is 2.19. The smallest absolute Gasteiger partial charge is 0.306 e. The van der Waals surface area contributed by atoms with E-state index in [9.17, 15) is 14.4 Å². The van der Waals surface area contributed by atoms with Crippen LogP contribution in [-0.4, -0.2) is 37.2 Å². The summed E-state index contributed by atoms with van der Waals surface area (Å²) in [4.78, 5) is 38.0. The number of allylic oxidation sites excluding steroid dienone is 16. The monoisotopic (exact) mass is 889 g/mol. The van der Waals surface area contributed by atoms with E-state index in [2.05, 4.69) is 118 Å². The Bertz CT molecular complexity index is 1300. The summed E-state index contributed by atoms with van der Waals surface area (Å²) in [6.07, 6.45) is 68.1. The van der Waals surface area contributed by atoms with Crippen molar-refractivity contribution in [1.29, 1.82) is 0 Å². The van der Waals surface area contributed by atoms with Crippen molar-refractivity contribution in [3.63, 3.8) is 0 Å². The molecule has 0 rings (SSSR count). The van der Waals surface area contributed by atoms with Gasteiger partial charge in [-0.15, -0.1) is 0 Å². The van der Waals surface area contributed by atoms with Crippen LogP contribution in [0.5, 0.6) is 0 Å². The van der Waals surface area contributed by atoms with Gasteiger partial charge in [-0.05, 0) is 103 Å². The molecule has 64 heavy (non-hydrogen) atoms. The third kappa shape index (κ3) is 49.3. The molecule has 0 N–H and O–H groups in total. The fourth-order valence-corrected chi connectivity index (χ4v) is 6.96. The number of carbonyl (C=O) groups excluding carboxylic acids is 3. The van der Waals surface area contributed by atoms with Crippen LogP contribution in [0.15, 0.2) is 97.2 Å². The van der Waals surface area contributed by atoms with Gasteiger partial charge in [0.1, 0.15) is 13.2 Å². The minimum absolute atomic E-state index is 0.0925. The number of ether oxygens (including phenoxy) is 3. The topological polar surface area (TPSA) is 78.9 Å². The Kier molecular flexibility index (Phi) is 49.0. The molecule has 0 radical (unpaired) electrons. The van der Waals surface area contributed by atoms with Gasteiger partial charge in [-0.2, -0.15) is 0 Å². The molecule has 0 bridgehead atoms. The maximum Gasteiger partial charge on any atom is 0.306 e. The van der Waals surface area contributed by atoms with E-state index in [4.69, 9.17) is 14.2 Å². The van der Waals surface area contributed by atoms with Gasteiger partial charge in [-0.3, -0.25) is 14.4 Å². The summed E-state index contributed by atoms with van der Waals surface area (Å²) >= 11 is 0. The van der Waals surface area contributed by atoms with Gasteiger partial charge in [-0.25, -0.2) is 0 Å². The molecule has 0 aromatic carbocycles. The SMILES string of the molecule is CC\C=C/C=C\C=C/CCCCCCCCCC(=O)OC(COC(=O)CCCCCCC/C=C\CCCCC)COC(=O)CCCCCCCC/C=C\C/C=C\C/C=C\C/C=C\CC. The van der Waals surface area contributed by atoms with E-state index in [0.717, 1.165) is 122 Å². The second-order valence-electron chi connectivity index (χ2n) is 17.1. The first-order chi connectivity index (χ1) is 31.5. The van der Waals surface area contributed by atoms with Crippen LogP contribution in [0.3, 0.4) is 0 Å². The molecule has 0 aromatic heterocycles. The molecule has 0 saturated carbocycles. The van der Waals surface area contributed by atoms with Gasteiger partial charge < -0.3 is 14.2 Å². The largest absolute Gasteiger partial charge is 0.462 e. The van der Waals surface area contributed by atoms with Crippen molar-refractivity contribution in [2.24, 2.45) is 0 Å². The lowest BCUT2D eigenvalue weighted by atomic mass is 10.1. The Morgan fingerprint density at radius 3 is 1.14 bits per heavy atom. The summed E-state index contributed by atoms with van der Waals surface area (Å²) in [6, 6.07) is 0. The van der Waals surface area contributed by atoms with E-state index in [1.54, 1.807) is 0 Å². The lowest BCUT2D eigenvalue weighted by Gasteiger charge is -2.18. The number of hydrogen-bond acceptors (Lipinski definition) is 6. The summed E-state index contributed by atoms with van der Waals surface area (Å²) in [7, 11) is 0. The van der Waals surface area contributed by atoms with Crippen molar-refractivity contribution in [3.8, 4) is 0 Å². The van der Waals surface area contributed by atoms with Gasteiger partial charge >= 0.3 is 17.9 Å². The van der Waals surface area contributed by atoms with E-state index in [0.29, 0.717) is 19.3 Å². The number of carbonyl (C=O) groups is 3. The van der Waals surface area contributed by atoms with Crippen LogP contribution in [0.2, 0.25) is 0 Å². The molecule has 0 amide bonds. The van der Waals surface area contributed by atoms with Crippen molar-refractivity contribution < 1.29 is 28.6 Å². The van der Waals surface area contributed by atoms with Crippen LogP contribution < -0.4 is 0 Å². The van der Waals surface area contributed by atoms with Crippen LogP contribution in [0, 0.1) is 0 Å². The predicted molar refractivity (Wildman–Crippen MR) is 274 cm³/mol. The standard InChI is InChI=1S/C58H96O6/c1-4-7-10-13-16-19-22-25-27-28-29-30-32-33-36-39-42-45-48-51-57(60)63-54-55(53-62-56(59)50-47-44-41-38-35-24-21-18-15-12-9-6-3)64-58(61)52-49-46-43-40-37-34-31-26-23-20-17-14-11-8-5-2/h7-8,10-11,14,16-21,23,25,27,29-30,55H,4-6,9,12-13,15,22,24,26,28,31-54H2,1-3H3/b10-7-,11-8-,17-14-,19-16-,21-18-,23-20-,27-25-,30-29-. The summed E-state index contributed by atoms with van der Waals surface area (Å²) in [5.74, 6) is -0.930. The molecule has 0 saturated heterocycles. The number of unbranched alkanes of at least 4 members (excludes halogenated alkanes) is 21. The first kappa shape index (κ1) is 60.3. The zero-order valence-electron chi connectivity index (χ0n) is 41.5. The summed E-state index contributed by atoms with van der Waals surface area (Å²) in [5.41, 5.74) is 0. The molecule has 0 aliphatic heterocycles. The zero-order valence-corrected chi connectivity index (χ0v) is 41.5. The van der Waals surface area contributed by atoms with Crippen LogP contribution in [0.25, 0.3) is 0 Å². The van der Waals surface area contributed by atoms with Gasteiger partial charge in [-0.1, -0.05) is 208 Å². The van der Waals surface area contributed by atoms with E-state index in [-0.39, 0.29) is 31.1 Å². The highest BCUT2D eigenvalue weighted by molar-refractivity contribution is 5.71. The molecule has 364 valence electrons. The van der Waals surface area contributed by atoms with Crippen molar-refractivity contribution in [1.82, 2.24) is 0 Å². The van der Waals surface area contributed by atoms with Crippen LogP contribution in [0.1, 0.15) is 233 Å². The molecular weight excluding hydrogens is 793 g/mol. The van der Waals surface area contributed by atoms with Crippen molar-refractivity contribution in [2.75, 3.05) is 13.2 Å². The quantitative estimate of drug-likeness (QED) is 0.0199. The van der Waals surface area contributed by atoms with Crippen molar-refractivity contribution in [2.45, 2.75) is 239 Å². The Labute approximate surface area is 394 Å². The van der Waals surface area contributed by atoms with Crippen molar-refractivity contribution >= 4 is 17.9 Å². The predicted octanol–water partition coefficient (Wildman–Crippen LogP) is 17.4. The Balaban J connectivity index is 4.42. The minimum Gasteiger partial charge on any atom is -0.462 e. The van der Waals surface area contributed by atoms with Crippen LogP contribution >= 0.6 is 0 Å². The van der Waals surface area contributed by atoms with E-state index >= 15 is 0 Å². The highest BCUT2D eigenvalue weighted by atomic mass is 16.6. The van der Waals surface area contributed by atoms with Crippen molar-refractivity contribution in [3.05, 3.63) is 97.2 Å². The first-order valence-corrected chi connectivity index (χ1v) is 26.3. The molecule has 0 aromatic rings. The fraction of sp³-hybridized carbons (Fsp3) is 0.672. The average molecular weight is 889 g/mol. The molecule has 0 spiro atoms. The molecule has 0 aliphatic rings. The minimum atomic E-state index is -0.794.